The summed E-state index contributed by atoms with van der Waals surface area (Å²) in [6.45, 7) is 2.26. The lowest BCUT2D eigenvalue weighted by Crippen LogP contribution is -1.98. The predicted octanol–water partition coefficient (Wildman–Crippen LogP) is 5.97. The Labute approximate surface area is 131 Å². The molecule has 0 atom stereocenters. The lowest BCUT2D eigenvalue weighted by molar-refractivity contribution is -0.140. The van der Waals surface area contributed by atoms with E-state index in [1.807, 2.05) is 0 Å². The molecule has 0 aliphatic rings. The Bertz CT molecular complexity index is 279. The molecule has 0 fully saturated rings. The molecule has 21 heavy (non-hydrogen) atoms. The Morgan fingerprint density at radius 2 is 1.38 bits per heavy atom. The fraction of sp³-hybridized carbons (Fsp3) is 0.737. The molecule has 0 amide bonds. The van der Waals surface area contributed by atoms with Crippen molar-refractivity contribution >= 4 is 5.97 Å². The fourth-order valence-corrected chi connectivity index (χ4v) is 2.18. The highest BCUT2D eigenvalue weighted by molar-refractivity contribution is 5.68. The molecule has 2 heteroatoms. The van der Waals surface area contributed by atoms with Gasteiger partial charge in [-0.2, -0.15) is 0 Å². The summed E-state index contributed by atoms with van der Waals surface area (Å²) < 4.78 is 4.60. The van der Waals surface area contributed by atoms with Crippen molar-refractivity contribution in [2.24, 2.45) is 0 Å². The van der Waals surface area contributed by atoms with E-state index in [0.717, 1.165) is 25.7 Å². The molecular weight excluding hydrogens is 260 g/mol. The van der Waals surface area contributed by atoms with E-state index in [4.69, 9.17) is 0 Å². The van der Waals surface area contributed by atoms with E-state index in [9.17, 15) is 4.79 Å². The number of hydrogen-bond donors (Lipinski definition) is 0. The Balaban J connectivity index is 3.23. The largest absolute Gasteiger partial charge is 0.469 e. The second-order valence-corrected chi connectivity index (χ2v) is 5.56. The third-order valence-corrected chi connectivity index (χ3v) is 3.56. The minimum atomic E-state index is -0.100. The SMILES string of the molecule is CCCCCCCCC=CCC=CCCCCC(=O)OC. The van der Waals surface area contributed by atoms with Crippen LogP contribution in [0.4, 0.5) is 0 Å². The van der Waals surface area contributed by atoms with Crippen molar-refractivity contribution in [3.8, 4) is 0 Å². The first-order valence-electron chi connectivity index (χ1n) is 8.68. The minimum absolute atomic E-state index is 0.100. The maximum Gasteiger partial charge on any atom is 0.305 e. The summed E-state index contributed by atoms with van der Waals surface area (Å²) in [5.41, 5.74) is 0. The molecule has 0 heterocycles. The Hall–Kier alpha value is -1.05. The zero-order chi connectivity index (χ0) is 15.6. The molecule has 0 rings (SSSR count). The summed E-state index contributed by atoms with van der Waals surface area (Å²) in [4.78, 5) is 10.9. The van der Waals surface area contributed by atoms with Crippen LogP contribution in [-0.4, -0.2) is 13.1 Å². The van der Waals surface area contributed by atoms with Gasteiger partial charge in [0.05, 0.1) is 7.11 Å². The van der Waals surface area contributed by atoms with Crippen molar-refractivity contribution in [2.75, 3.05) is 7.11 Å². The number of carbonyl (C=O) groups is 1. The van der Waals surface area contributed by atoms with Gasteiger partial charge in [0.15, 0.2) is 0 Å². The van der Waals surface area contributed by atoms with Gasteiger partial charge in [0.1, 0.15) is 0 Å². The van der Waals surface area contributed by atoms with Crippen molar-refractivity contribution in [3.63, 3.8) is 0 Å². The van der Waals surface area contributed by atoms with E-state index in [2.05, 4.69) is 36.0 Å². The van der Waals surface area contributed by atoms with Crippen LogP contribution < -0.4 is 0 Å². The lowest BCUT2D eigenvalue weighted by atomic mass is 10.1. The molecule has 0 unspecified atom stereocenters. The molecule has 0 N–H and O–H groups in total. The number of carbonyl (C=O) groups excluding carboxylic acids is 1. The van der Waals surface area contributed by atoms with Crippen molar-refractivity contribution in [3.05, 3.63) is 24.3 Å². The number of esters is 1. The summed E-state index contributed by atoms with van der Waals surface area (Å²) in [6.07, 6.45) is 23.1. The van der Waals surface area contributed by atoms with Gasteiger partial charge >= 0.3 is 5.97 Å². The van der Waals surface area contributed by atoms with E-state index in [0.29, 0.717) is 6.42 Å². The number of hydrogen-bond acceptors (Lipinski definition) is 2. The van der Waals surface area contributed by atoms with Crippen LogP contribution in [0.1, 0.15) is 84.0 Å². The molecular formula is C19H34O2. The van der Waals surface area contributed by atoms with Gasteiger partial charge in [-0.15, -0.1) is 0 Å². The van der Waals surface area contributed by atoms with Gasteiger partial charge in [0.2, 0.25) is 0 Å². The van der Waals surface area contributed by atoms with E-state index in [-0.39, 0.29) is 5.97 Å². The van der Waals surface area contributed by atoms with Crippen LogP contribution >= 0.6 is 0 Å². The first-order chi connectivity index (χ1) is 10.3. The maximum atomic E-state index is 10.9. The standard InChI is InChI=1S/C19H34O2/c1-3-4-5-6-7-8-9-10-11-12-13-14-15-16-17-18-19(20)21-2/h10-11,13-14H,3-9,12,15-18H2,1-2H3. The molecule has 0 aromatic carbocycles. The van der Waals surface area contributed by atoms with Gasteiger partial charge in [-0.05, 0) is 38.5 Å². The zero-order valence-electron chi connectivity index (χ0n) is 14.1. The molecule has 0 spiro atoms. The summed E-state index contributed by atoms with van der Waals surface area (Å²) in [7, 11) is 1.44. The Morgan fingerprint density at radius 3 is 2.00 bits per heavy atom. The quantitative estimate of drug-likeness (QED) is 0.224. The number of allylic oxidation sites excluding steroid dienone is 4. The topological polar surface area (TPSA) is 26.3 Å². The van der Waals surface area contributed by atoms with Crippen LogP contribution in [0, 0.1) is 0 Å². The van der Waals surface area contributed by atoms with E-state index < -0.39 is 0 Å². The van der Waals surface area contributed by atoms with Crippen molar-refractivity contribution in [1.29, 1.82) is 0 Å². The van der Waals surface area contributed by atoms with Crippen LogP contribution in [0.2, 0.25) is 0 Å². The van der Waals surface area contributed by atoms with Gasteiger partial charge < -0.3 is 4.74 Å². The molecule has 0 aromatic heterocycles. The highest BCUT2D eigenvalue weighted by atomic mass is 16.5. The average Bonchev–Trinajstić information content (AvgIpc) is 2.50. The maximum absolute atomic E-state index is 10.9. The highest BCUT2D eigenvalue weighted by Gasteiger charge is 1.97. The molecule has 0 saturated carbocycles. The molecule has 0 aromatic rings. The average molecular weight is 294 g/mol. The monoisotopic (exact) mass is 294 g/mol. The van der Waals surface area contributed by atoms with Crippen molar-refractivity contribution in [2.45, 2.75) is 84.0 Å². The summed E-state index contributed by atoms with van der Waals surface area (Å²) >= 11 is 0. The normalized spacial score (nSPS) is 11.5. The second kappa shape index (κ2) is 17.0. The van der Waals surface area contributed by atoms with E-state index in [1.54, 1.807) is 0 Å². The minimum Gasteiger partial charge on any atom is -0.469 e. The number of unbranched alkanes of at least 4 members (excludes halogenated alkanes) is 8. The zero-order valence-corrected chi connectivity index (χ0v) is 14.1. The fourth-order valence-electron chi connectivity index (χ4n) is 2.18. The summed E-state index contributed by atoms with van der Waals surface area (Å²) in [6, 6.07) is 0. The van der Waals surface area contributed by atoms with Crippen LogP contribution in [0.3, 0.4) is 0 Å². The van der Waals surface area contributed by atoms with Crippen LogP contribution in [0.5, 0.6) is 0 Å². The predicted molar refractivity (Wildman–Crippen MR) is 91.4 cm³/mol. The molecule has 0 aliphatic heterocycles. The van der Waals surface area contributed by atoms with Crippen LogP contribution in [0.15, 0.2) is 24.3 Å². The van der Waals surface area contributed by atoms with Crippen LogP contribution in [0.25, 0.3) is 0 Å². The molecule has 0 saturated heterocycles. The van der Waals surface area contributed by atoms with Crippen LogP contribution in [-0.2, 0) is 9.53 Å². The first kappa shape index (κ1) is 19.9. The lowest BCUT2D eigenvalue weighted by Gasteiger charge is -1.97. The highest BCUT2D eigenvalue weighted by Crippen LogP contribution is 2.07. The van der Waals surface area contributed by atoms with Crippen molar-refractivity contribution < 1.29 is 9.53 Å². The number of methoxy groups -OCH3 is 1. The number of rotatable bonds is 14. The smallest absolute Gasteiger partial charge is 0.305 e. The third kappa shape index (κ3) is 16.9. The van der Waals surface area contributed by atoms with E-state index in [1.165, 1.54) is 52.1 Å². The van der Waals surface area contributed by atoms with Crippen molar-refractivity contribution in [1.82, 2.24) is 0 Å². The second-order valence-electron chi connectivity index (χ2n) is 5.56. The molecule has 122 valence electrons. The van der Waals surface area contributed by atoms with E-state index >= 15 is 0 Å². The third-order valence-electron chi connectivity index (χ3n) is 3.56. The number of ether oxygens (including phenoxy) is 1. The van der Waals surface area contributed by atoms with Gasteiger partial charge in [0, 0.05) is 6.42 Å². The molecule has 0 bridgehead atoms. The first-order valence-corrected chi connectivity index (χ1v) is 8.68. The van der Waals surface area contributed by atoms with Gasteiger partial charge in [-0.25, -0.2) is 0 Å². The van der Waals surface area contributed by atoms with Gasteiger partial charge in [0.25, 0.3) is 0 Å². The molecule has 0 aliphatic carbocycles. The summed E-state index contributed by atoms with van der Waals surface area (Å²) in [5, 5.41) is 0. The molecule has 2 nitrogen and oxygen atoms in total. The molecule has 0 radical (unpaired) electrons. The van der Waals surface area contributed by atoms with Gasteiger partial charge in [-0.3, -0.25) is 4.79 Å². The Morgan fingerprint density at radius 1 is 0.810 bits per heavy atom. The summed E-state index contributed by atoms with van der Waals surface area (Å²) in [5.74, 6) is -0.100. The Kier molecular flexibility index (Phi) is 16.2. The van der Waals surface area contributed by atoms with Gasteiger partial charge in [-0.1, -0.05) is 63.3 Å².